The van der Waals surface area contributed by atoms with Gasteiger partial charge in [-0.15, -0.1) is 0 Å². The summed E-state index contributed by atoms with van der Waals surface area (Å²) >= 11 is 0. The van der Waals surface area contributed by atoms with Crippen LogP contribution < -0.4 is 5.73 Å². The van der Waals surface area contributed by atoms with Crippen LogP contribution >= 0.6 is 0 Å². The smallest absolute Gasteiger partial charge is 0.150 e. The topological polar surface area (TPSA) is 104 Å². The van der Waals surface area contributed by atoms with E-state index in [0.29, 0.717) is 0 Å². The summed E-state index contributed by atoms with van der Waals surface area (Å²) in [6.45, 7) is 1.32. The summed E-state index contributed by atoms with van der Waals surface area (Å²) in [5.74, 6) is 0. The van der Waals surface area contributed by atoms with E-state index in [1.807, 2.05) is 0 Å². The fourth-order valence-corrected chi connectivity index (χ4v) is 0.614. The summed E-state index contributed by atoms with van der Waals surface area (Å²) in [4.78, 5) is 9.95. The summed E-state index contributed by atoms with van der Waals surface area (Å²) in [6, 6.07) is -1.13. The van der Waals surface area contributed by atoms with Crippen molar-refractivity contribution in [2.24, 2.45) is 5.73 Å². The van der Waals surface area contributed by atoms with Gasteiger partial charge in [-0.25, -0.2) is 0 Å². The molecule has 0 heterocycles. The maximum absolute atomic E-state index is 9.95. The minimum absolute atomic E-state index is 0.219. The predicted octanol–water partition coefficient (Wildman–Crippen LogP) is -2.38. The van der Waals surface area contributed by atoms with Gasteiger partial charge in [-0.05, 0) is 6.92 Å². The normalized spacial score (nSPS) is 21.9. The highest BCUT2D eigenvalue weighted by Crippen LogP contribution is 2.00. The fourth-order valence-electron chi connectivity index (χ4n) is 0.614. The molecular formula is C6H13NO4. The molecule has 4 atom stereocenters. The van der Waals surface area contributed by atoms with Gasteiger partial charge >= 0.3 is 0 Å². The first kappa shape index (κ1) is 10.5. The van der Waals surface area contributed by atoms with Gasteiger partial charge in [0.1, 0.15) is 12.4 Å². The monoisotopic (exact) mass is 163 g/mol. The van der Waals surface area contributed by atoms with Crippen LogP contribution in [0.15, 0.2) is 0 Å². The molecule has 0 saturated carbocycles. The number of carbonyl (C=O) groups is 1. The first-order chi connectivity index (χ1) is 5.00. The number of rotatable bonds is 4. The third-order valence-corrected chi connectivity index (χ3v) is 1.42. The van der Waals surface area contributed by atoms with Crippen LogP contribution in [0.25, 0.3) is 0 Å². The second-order valence-corrected chi connectivity index (χ2v) is 2.44. The molecule has 66 valence electrons. The third-order valence-electron chi connectivity index (χ3n) is 1.42. The standard InChI is InChI=1S/C6H13NO4/c1-3(9)6(11)5(7)4(10)2-8/h2-6,9-11H,7H2,1H3/t3-,4-,5-,6+/m0/s1. The highest BCUT2D eigenvalue weighted by molar-refractivity contribution is 5.57. The van der Waals surface area contributed by atoms with Gasteiger partial charge in [0.2, 0.25) is 0 Å². The Kier molecular flexibility index (Phi) is 4.20. The van der Waals surface area contributed by atoms with Gasteiger partial charge in [-0.1, -0.05) is 0 Å². The second kappa shape index (κ2) is 4.40. The van der Waals surface area contributed by atoms with Crippen molar-refractivity contribution < 1.29 is 20.1 Å². The molecule has 0 unspecified atom stereocenters. The quantitative estimate of drug-likeness (QED) is 0.346. The van der Waals surface area contributed by atoms with Gasteiger partial charge in [0.25, 0.3) is 0 Å². The van der Waals surface area contributed by atoms with Gasteiger partial charge in [0.15, 0.2) is 0 Å². The molecule has 5 N–H and O–H groups in total. The van der Waals surface area contributed by atoms with Crippen LogP contribution in [-0.2, 0) is 4.79 Å². The molecule has 5 nitrogen and oxygen atoms in total. The molecule has 0 saturated heterocycles. The molecule has 0 aromatic carbocycles. The molecule has 0 radical (unpaired) electrons. The van der Waals surface area contributed by atoms with E-state index in [0.717, 1.165) is 0 Å². The Morgan fingerprint density at radius 3 is 2.09 bits per heavy atom. The summed E-state index contributed by atoms with van der Waals surface area (Å²) in [5, 5.41) is 26.6. The number of nitrogens with two attached hydrogens (primary N) is 1. The number of carbonyl (C=O) groups excluding carboxylic acids is 1. The molecule has 0 amide bonds. The molecule has 0 aliphatic heterocycles. The van der Waals surface area contributed by atoms with E-state index in [1.165, 1.54) is 6.92 Å². The highest BCUT2D eigenvalue weighted by atomic mass is 16.3. The molecule has 0 fully saturated rings. The molecule has 0 aliphatic carbocycles. The molecule has 0 aromatic heterocycles. The van der Waals surface area contributed by atoms with Gasteiger partial charge in [-0.2, -0.15) is 0 Å². The number of hydrogen-bond donors (Lipinski definition) is 4. The zero-order valence-corrected chi connectivity index (χ0v) is 6.21. The summed E-state index contributed by atoms with van der Waals surface area (Å²) in [6.07, 6.45) is -3.55. The lowest BCUT2D eigenvalue weighted by molar-refractivity contribution is -0.118. The number of hydrogen-bond acceptors (Lipinski definition) is 5. The molecule has 0 rings (SSSR count). The Labute approximate surface area is 64.4 Å². The van der Waals surface area contributed by atoms with E-state index in [1.54, 1.807) is 0 Å². The minimum atomic E-state index is -1.43. The molecule has 0 spiro atoms. The molecular weight excluding hydrogens is 150 g/mol. The first-order valence-electron chi connectivity index (χ1n) is 3.25. The Morgan fingerprint density at radius 1 is 1.36 bits per heavy atom. The Balaban J connectivity index is 4.00. The number of aliphatic hydroxyl groups excluding tert-OH is 3. The lowest BCUT2D eigenvalue weighted by Crippen LogP contribution is -2.50. The van der Waals surface area contributed by atoms with Crippen molar-refractivity contribution in [2.75, 3.05) is 0 Å². The van der Waals surface area contributed by atoms with Crippen LogP contribution in [0, 0.1) is 0 Å². The third kappa shape index (κ3) is 2.94. The van der Waals surface area contributed by atoms with E-state index >= 15 is 0 Å². The maximum Gasteiger partial charge on any atom is 0.150 e. The molecule has 0 aromatic rings. The van der Waals surface area contributed by atoms with Gasteiger partial charge in [0, 0.05) is 0 Å². The van der Waals surface area contributed by atoms with Crippen molar-refractivity contribution in [2.45, 2.75) is 31.3 Å². The van der Waals surface area contributed by atoms with Crippen molar-refractivity contribution in [1.29, 1.82) is 0 Å². The van der Waals surface area contributed by atoms with Crippen LogP contribution in [0.1, 0.15) is 6.92 Å². The van der Waals surface area contributed by atoms with E-state index in [-0.39, 0.29) is 6.29 Å². The molecule has 0 bridgehead atoms. The van der Waals surface area contributed by atoms with E-state index in [9.17, 15) is 4.79 Å². The van der Waals surface area contributed by atoms with Crippen molar-refractivity contribution >= 4 is 6.29 Å². The highest BCUT2D eigenvalue weighted by Gasteiger charge is 2.25. The van der Waals surface area contributed by atoms with Gasteiger partial charge in [0.05, 0.1) is 18.2 Å². The Hall–Kier alpha value is -0.490. The van der Waals surface area contributed by atoms with Crippen LogP contribution in [0.2, 0.25) is 0 Å². The molecule has 5 heteroatoms. The lowest BCUT2D eigenvalue weighted by Gasteiger charge is -2.22. The second-order valence-electron chi connectivity index (χ2n) is 2.44. The average Bonchev–Trinajstić information content (AvgIpc) is 2.00. The van der Waals surface area contributed by atoms with Crippen LogP contribution in [-0.4, -0.2) is 46.0 Å². The van der Waals surface area contributed by atoms with E-state index in [4.69, 9.17) is 21.1 Å². The van der Waals surface area contributed by atoms with Crippen molar-refractivity contribution in [3.05, 3.63) is 0 Å². The Morgan fingerprint density at radius 2 is 1.82 bits per heavy atom. The van der Waals surface area contributed by atoms with Gasteiger partial charge in [-0.3, -0.25) is 0 Å². The Bertz CT molecular complexity index is 128. The van der Waals surface area contributed by atoms with Crippen LogP contribution in [0.3, 0.4) is 0 Å². The summed E-state index contributed by atoms with van der Waals surface area (Å²) in [5.41, 5.74) is 5.18. The fraction of sp³-hybridized carbons (Fsp3) is 0.833. The zero-order valence-electron chi connectivity index (χ0n) is 6.21. The zero-order chi connectivity index (χ0) is 9.02. The maximum atomic E-state index is 9.95. The van der Waals surface area contributed by atoms with Crippen molar-refractivity contribution in [3.8, 4) is 0 Å². The van der Waals surface area contributed by atoms with Crippen molar-refractivity contribution in [3.63, 3.8) is 0 Å². The summed E-state index contributed by atoms with van der Waals surface area (Å²) in [7, 11) is 0. The van der Waals surface area contributed by atoms with Gasteiger partial charge < -0.3 is 25.8 Å². The SMILES string of the molecule is C[C@H](O)[C@@H](O)[C@@H](N)[C@@H](O)C=O. The summed E-state index contributed by atoms with van der Waals surface area (Å²) < 4.78 is 0. The first-order valence-corrected chi connectivity index (χ1v) is 3.25. The molecule has 11 heavy (non-hydrogen) atoms. The molecule has 0 aliphatic rings. The van der Waals surface area contributed by atoms with E-state index in [2.05, 4.69) is 0 Å². The average molecular weight is 163 g/mol. The van der Waals surface area contributed by atoms with Crippen molar-refractivity contribution in [1.82, 2.24) is 0 Å². The van der Waals surface area contributed by atoms with Crippen LogP contribution in [0.4, 0.5) is 0 Å². The van der Waals surface area contributed by atoms with E-state index < -0.39 is 24.4 Å². The lowest BCUT2D eigenvalue weighted by atomic mass is 10.0. The largest absolute Gasteiger partial charge is 0.391 e. The number of aldehydes is 1. The predicted molar refractivity (Wildman–Crippen MR) is 37.7 cm³/mol. The van der Waals surface area contributed by atoms with Crippen LogP contribution in [0.5, 0.6) is 0 Å². The number of aliphatic hydroxyl groups is 3. The minimum Gasteiger partial charge on any atom is -0.391 e.